The lowest BCUT2D eigenvalue weighted by Gasteiger charge is -2.36. The molecule has 148 valence electrons. The molecule has 0 saturated carbocycles. The van der Waals surface area contributed by atoms with Crippen LogP contribution in [0, 0.1) is 11.7 Å². The summed E-state index contributed by atoms with van der Waals surface area (Å²) in [5, 5.41) is 0.304. The van der Waals surface area contributed by atoms with E-state index >= 15 is 0 Å². The number of ether oxygens (including phenoxy) is 3. The summed E-state index contributed by atoms with van der Waals surface area (Å²) in [6.45, 7) is 5.08. The monoisotopic (exact) mass is 398 g/mol. The van der Waals surface area contributed by atoms with Crippen molar-refractivity contribution < 1.29 is 23.4 Å². The predicted molar refractivity (Wildman–Crippen MR) is 98.0 cm³/mol. The first-order valence-corrected chi connectivity index (χ1v) is 9.89. The van der Waals surface area contributed by atoms with Gasteiger partial charge in [-0.05, 0) is 44.3 Å². The van der Waals surface area contributed by atoms with Crippen LogP contribution in [-0.4, -0.2) is 67.9 Å². The second kappa shape index (κ2) is 8.10. The van der Waals surface area contributed by atoms with Gasteiger partial charge in [-0.15, -0.1) is 0 Å². The van der Waals surface area contributed by atoms with Gasteiger partial charge in [0, 0.05) is 24.2 Å². The highest BCUT2D eigenvalue weighted by molar-refractivity contribution is 6.30. The molecular formula is C19H24ClFN2O4. The number of hydrogen-bond donors (Lipinski definition) is 0. The molecule has 1 aromatic carbocycles. The predicted octanol–water partition coefficient (Wildman–Crippen LogP) is 3.17. The minimum Gasteiger partial charge on any atom is -0.483 e. The fourth-order valence-electron chi connectivity index (χ4n) is 3.96. The van der Waals surface area contributed by atoms with E-state index in [2.05, 4.69) is 4.90 Å². The van der Waals surface area contributed by atoms with Gasteiger partial charge in [-0.25, -0.2) is 9.18 Å². The number of carbonyl (C=O) groups is 1. The molecule has 3 aliphatic heterocycles. The minimum absolute atomic E-state index is 0.133. The first-order chi connectivity index (χ1) is 13.1. The maximum atomic E-state index is 13.8. The molecule has 0 spiro atoms. The molecule has 2 fully saturated rings. The van der Waals surface area contributed by atoms with Gasteiger partial charge in [0.25, 0.3) is 0 Å². The van der Waals surface area contributed by atoms with Gasteiger partial charge in [-0.1, -0.05) is 11.6 Å². The van der Waals surface area contributed by atoms with Crippen LogP contribution in [0.3, 0.4) is 0 Å². The van der Waals surface area contributed by atoms with E-state index in [1.54, 1.807) is 11.0 Å². The average Bonchev–Trinajstić information content (AvgIpc) is 3.05. The molecule has 0 N–H and O–H groups in total. The summed E-state index contributed by atoms with van der Waals surface area (Å²) in [6, 6.07) is 2.83. The van der Waals surface area contributed by atoms with E-state index in [0.717, 1.165) is 45.4 Å². The van der Waals surface area contributed by atoms with E-state index in [1.165, 1.54) is 6.07 Å². The number of benzene rings is 1. The maximum Gasteiger partial charge on any atom is 0.409 e. The Morgan fingerprint density at radius 2 is 2.00 bits per heavy atom. The molecule has 4 rings (SSSR count). The molecule has 27 heavy (non-hydrogen) atoms. The molecule has 0 aromatic heterocycles. The first-order valence-electron chi connectivity index (χ1n) is 9.51. The maximum absolute atomic E-state index is 13.8. The highest BCUT2D eigenvalue weighted by Gasteiger charge is 2.29. The van der Waals surface area contributed by atoms with Crippen molar-refractivity contribution in [3.8, 4) is 11.5 Å². The van der Waals surface area contributed by atoms with E-state index in [-0.39, 0.29) is 17.9 Å². The van der Waals surface area contributed by atoms with E-state index in [0.29, 0.717) is 36.4 Å². The summed E-state index contributed by atoms with van der Waals surface area (Å²) >= 11 is 5.91. The summed E-state index contributed by atoms with van der Waals surface area (Å²) < 4.78 is 30.3. The van der Waals surface area contributed by atoms with Crippen molar-refractivity contribution >= 4 is 17.7 Å². The smallest absolute Gasteiger partial charge is 0.409 e. The Morgan fingerprint density at radius 1 is 1.19 bits per heavy atom. The Bertz CT molecular complexity index is 697. The molecule has 2 saturated heterocycles. The van der Waals surface area contributed by atoms with Crippen LogP contribution in [0.15, 0.2) is 12.1 Å². The fourth-order valence-corrected chi connectivity index (χ4v) is 4.15. The van der Waals surface area contributed by atoms with E-state index in [4.69, 9.17) is 25.8 Å². The third kappa shape index (κ3) is 4.41. The van der Waals surface area contributed by atoms with E-state index < -0.39 is 5.82 Å². The van der Waals surface area contributed by atoms with Crippen LogP contribution >= 0.6 is 11.6 Å². The quantitative estimate of drug-likeness (QED) is 0.762. The van der Waals surface area contributed by atoms with Crippen molar-refractivity contribution in [1.29, 1.82) is 0 Å². The Labute approximate surface area is 163 Å². The lowest BCUT2D eigenvalue weighted by atomic mass is 9.93. The average molecular weight is 399 g/mol. The molecule has 1 amide bonds. The van der Waals surface area contributed by atoms with E-state index in [1.807, 2.05) is 0 Å². The molecule has 0 aliphatic carbocycles. The van der Waals surface area contributed by atoms with Crippen LogP contribution in [0.2, 0.25) is 5.02 Å². The number of hydrogen-bond acceptors (Lipinski definition) is 5. The first kappa shape index (κ1) is 18.6. The van der Waals surface area contributed by atoms with Crippen LogP contribution in [0.1, 0.15) is 19.3 Å². The third-order valence-electron chi connectivity index (χ3n) is 5.50. The molecule has 3 heterocycles. The summed E-state index contributed by atoms with van der Waals surface area (Å²) in [7, 11) is 0. The van der Waals surface area contributed by atoms with Gasteiger partial charge in [-0.3, -0.25) is 4.90 Å². The van der Waals surface area contributed by atoms with Gasteiger partial charge >= 0.3 is 6.09 Å². The van der Waals surface area contributed by atoms with Gasteiger partial charge in [-0.2, -0.15) is 0 Å². The van der Waals surface area contributed by atoms with Gasteiger partial charge < -0.3 is 19.1 Å². The standard InChI is InChI=1S/C19H24ClFN2O4/c20-14-9-16(21)18-17(10-14)27-15(12-26-18)11-22-4-1-13(2-5-22)3-6-23-7-8-25-19(23)24/h9-10,13,15H,1-8,11-12H2/t15-/m0/s1. The summed E-state index contributed by atoms with van der Waals surface area (Å²) in [5.74, 6) is 0.670. The van der Waals surface area contributed by atoms with E-state index in [9.17, 15) is 9.18 Å². The van der Waals surface area contributed by atoms with Gasteiger partial charge in [0.2, 0.25) is 0 Å². The Balaban J connectivity index is 1.22. The van der Waals surface area contributed by atoms with Crippen LogP contribution in [0.5, 0.6) is 11.5 Å². The lowest BCUT2D eigenvalue weighted by Crippen LogP contribution is -2.44. The van der Waals surface area contributed by atoms with Crippen molar-refractivity contribution in [2.24, 2.45) is 5.92 Å². The number of piperidine rings is 1. The van der Waals surface area contributed by atoms with Gasteiger partial charge in [0.05, 0.1) is 6.54 Å². The summed E-state index contributed by atoms with van der Waals surface area (Å²) in [6.07, 6.45) is 2.92. The second-order valence-electron chi connectivity index (χ2n) is 7.40. The molecule has 8 heteroatoms. The number of cyclic esters (lactones) is 1. The van der Waals surface area contributed by atoms with Gasteiger partial charge in [0.15, 0.2) is 17.3 Å². The minimum atomic E-state index is -0.487. The SMILES string of the molecule is O=C1OCCN1CCC1CCN(C[C@H]2COc3c(F)cc(Cl)cc3O2)CC1. The molecule has 6 nitrogen and oxygen atoms in total. The van der Waals surface area contributed by atoms with Crippen molar-refractivity contribution in [1.82, 2.24) is 9.80 Å². The molecule has 0 radical (unpaired) electrons. The Morgan fingerprint density at radius 3 is 2.74 bits per heavy atom. The molecule has 1 aromatic rings. The lowest BCUT2D eigenvalue weighted by molar-refractivity contribution is 0.0443. The molecule has 1 atom stereocenters. The molecular weight excluding hydrogens is 375 g/mol. The second-order valence-corrected chi connectivity index (χ2v) is 7.84. The largest absolute Gasteiger partial charge is 0.483 e. The van der Waals surface area contributed by atoms with Crippen LogP contribution < -0.4 is 9.47 Å². The molecule has 0 unspecified atom stereocenters. The van der Waals surface area contributed by atoms with Crippen molar-refractivity contribution in [3.05, 3.63) is 23.0 Å². The number of rotatable bonds is 5. The van der Waals surface area contributed by atoms with Crippen molar-refractivity contribution in [2.45, 2.75) is 25.4 Å². The zero-order valence-electron chi connectivity index (χ0n) is 15.2. The topological polar surface area (TPSA) is 51.2 Å². The van der Waals surface area contributed by atoms with Crippen molar-refractivity contribution in [3.63, 3.8) is 0 Å². The third-order valence-corrected chi connectivity index (χ3v) is 5.72. The molecule has 0 bridgehead atoms. The van der Waals surface area contributed by atoms with Crippen LogP contribution in [-0.2, 0) is 4.74 Å². The zero-order chi connectivity index (χ0) is 18.8. The summed E-state index contributed by atoms with van der Waals surface area (Å²) in [4.78, 5) is 15.6. The number of amides is 1. The number of nitrogens with zero attached hydrogens (tertiary/aromatic N) is 2. The normalized spacial score (nSPS) is 23.6. The summed E-state index contributed by atoms with van der Waals surface area (Å²) in [5.41, 5.74) is 0. The number of carbonyl (C=O) groups excluding carboxylic acids is 1. The molecule has 3 aliphatic rings. The van der Waals surface area contributed by atoms with Crippen LogP contribution in [0.4, 0.5) is 9.18 Å². The number of halogens is 2. The van der Waals surface area contributed by atoms with Gasteiger partial charge in [0.1, 0.15) is 19.3 Å². The highest BCUT2D eigenvalue weighted by Crippen LogP contribution is 2.37. The Kier molecular flexibility index (Phi) is 5.59. The Hall–Kier alpha value is -1.73. The zero-order valence-corrected chi connectivity index (χ0v) is 15.9. The number of fused-ring (bicyclic) bond motifs is 1. The van der Waals surface area contributed by atoms with Crippen molar-refractivity contribution in [2.75, 3.05) is 45.9 Å². The number of likely N-dealkylation sites (tertiary alicyclic amines) is 1. The highest BCUT2D eigenvalue weighted by atomic mass is 35.5. The van der Waals surface area contributed by atoms with Crippen LogP contribution in [0.25, 0.3) is 0 Å². The fraction of sp³-hybridized carbons (Fsp3) is 0.632.